The van der Waals surface area contributed by atoms with Crippen molar-refractivity contribution in [3.8, 4) is 28.3 Å². The monoisotopic (exact) mass is 693 g/mol. The number of aromatic nitrogens is 2. The molecule has 0 aliphatic carbocycles. The van der Waals surface area contributed by atoms with Crippen LogP contribution >= 0.6 is 0 Å². The van der Waals surface area contributed by atoms with Gasteiger partial charge in [0.2, 0.25) is 5.89 Å². The highest BCUT2D eigenvalue weighted by molar-refractivity contribution is 6.19. The molecule has 0 spiro atoms. The maximum absolute atomic E-state index is 6.82. The van der Waals surface area contributed by atoms with E-state index in [-0.39, 0.29) is 0 Å². The van der Waals surface area contributed by atoms with E-state index in [1.807, 2.05) is 48.5 Å². The summed E-state index contributed by atoms with van der Waals surface area (Å²) in [7, 11) is 0. The Morgan fingerprint density at radius 1 is 0.444 bits per heavy atom. The van der Waals surface area contributed by atoms with Crippen LogP contribution in [-0.2, 0) is 0 Å². The molecular weight excluding hydrogens is 663 g/mol. The molecule has 11 aromatic rings. The van der Waals surface area contributed by atoms with Gasteiger partial charge in [-0.25, -0.2) is 4.98 Å². The maximum Gasteiger partial charge on any atom is 0.227 e. The van der Waals surface area contributed by atoms with E-state index in [2.05, 4.69) is 149 Å². The first-order valence-corrected chi connectivity index (χ1v) is 18.1. The van der Waals surface area contributed by atoms with Crippen molar-refractivity contribution in [2.75, 3.05) is 4.90 Å². The van der Waals surface area contributed by atoms with E-state index in [4.69, 9.17) is 13.8 Å². The molecule has 0 unspecified atom stereocenters. The van der Waals surface area contributed by atoms with Gasteiger partial charge in [-0.1, -0.05) is 115 Å². The number of para-hydroxylation sites is 3. The Bertz CT molecular complexity index is 3140. The Morgan fingerprint density at radius 2 is 1.09 bits per heavy atom. The molecule has 5 heteroatoms. The van der Waals surface area contributed by atoms with Crippen LogP contribution in [0.2, 0.25) is 0 Å². The van der Waals surface area contributed by atoms with Crippen molar-refractivity contribution in [2.45, 2.75) is 0 Å². The molecule has 0 aliphatic heterocycles. The molecule has 5 nitrogen and oxygen atoms in total. The van der Waals surface area contributed by atoms with Crippen LogP contribution in [-0.4, -0.2) is 9.55 Å². The fourth-order valence-corrected chi connectivity index (χ4v) is 7.95. The van der Waals surface area contributed by atoms with Gasteiger partial charge in [0.05, 0.1) is 22.1 Å². The molecular formula is C49H31N3O2. The number of rotatable bonds is 6. The Kier molecular flexibility index (Phi) is 6.79. The fourth-order valence-electron chi connectivity index (χ4n) is 7.95. The predicted molar refractivity (Wildman–Crippen MR) is 221 cm³/mol. The van der Waals surface area contributed by atoms with E-state index in [9.17, 15) is 0 Å². The van der Waals surface area contributed by atoms with Crippen molar-refractivity contribution in [3.63, 3.8) is 0 Å². The first kappa shape index (κ1) is 30.3. The Hall–Kier alpha value is -7.37. The largest absolute Gasteiger partial charge is 0.454 e. The van der Waals surface area contributed by atoms with Gasteiger partial charge in [0.1, 0.15) is 11.1 Å². The third-order valence-corrected chi connectivity index (χ3v) is 10.4. The van der Waals surface area contributed by atoms with Crippen LogP contribution in [0.1, 0.15) is 0 Å². The topological polar surface area (TPSA) is 47.3 Å². The van der Waals surface area contributed by atoms with Crippen LogP contribution < -0.4 is 4.90 Å². The SMILES string of the molecule is c1ccc(-c2ccc(N(c3ccc4c5ccccc5n(-c5ccccc5)c4c3)c3cccc4c3oc3ccc5nc(-c6ccccc6)oc5c34)cc2)cc1. The van der Waals surface area contributed by atoms with Crippen molar-refractivity contribution in [1.29, 1.82) is 0 Å². The lowest BCUT2D eigenvalue weighted by molar-refractivity contribution is 0.622. The van der Waals surface area contributed by atoms with Gasteiger partial charge >= 0.3 is 0 Å². The van der Waals surface area contributed by atoms with Gasteiger partial charge in [-0.2, -0.15) is 0 Å². The molecule has 54 heavy (non-hydrogen) atoms. The summed E-state index contributed by atoms with van der Waals surface area (Å²) < 4.78 is 15.7. The van der Waals surface area contributed by atoms with Gasteiger partial charge in [0, 0.05) is 38.8 Å². The van der Waals surface area contributed by atoms with Gasteiger partial charge in [-0.05, 0) is 83.9 Å². The first-order valence-electron chi connectivity index (χ1n) is 18.1. The predicted octanol–water partition coefficient (Wildman–Crippen LogP) is 13.6. The molecule has 8 aromatic carbocycles. The highest BCUT2D eigenvalue weighted by Gasteiger charge is 2.23. The first-order chi connectivity index (χ1) is 26.8. The maximum atomic E-state index is 6.82. The number of anilines is 3. The van der Waals surface area contributed by atoms with Gasteiger partial charge in [0.15, 0.2) is 11.2 Å². The van der Waals surface area contributed by atoms with Crippen LogP contribution in [0.25, 0.3) is 83.1 Å². The molecule has 3 aromatic heterocycles. The summed E-state index contributed by atoms with van der Waals surface area (Å²) in [6.07, 6.45) is 0. The van der Waals surface area contributed by atoms with Crippen molar-refractivity contribution >= 4 is 71.9 Å². The molecule has 0 saturated carbocycles. The second-order valence-electron chi connectivity index (χ2n) is 13.6. The zero-order chi connectivity index (χ0) is 35.6. The van der Waals surface area contributed by atoms with Gasteiger partial charge in [-0.15, -0.1) is 0 Å². The quantitative estimate of drug-likeness (QED) is 0.174. The van der Waals surface area contributed by atoms with E-state index < -0.39 is 0 Å². The molecule has 0 radical (unpaired) electrons. The summed E-state index contributed by atoms with van der Waals surface area (Å²) in [4.78, 5) is 7.17. The number of hydrogen-bond donors (Lipinski definition) is 0. The lowest BCUT2D eigenvalue weighted by atomic mass is 10.0. The lowest BCUT2D eigenvalue weighted by Crippen LogP contribution is -2.10. The molecule has 0 fully saturated rings. The van der Waals surface area contributed by atoms with Crippen molar-refractivity contribution in [2.24, 2.45) is 0 Å². The van der Waals surface area contributed by atoms with Crippen molar-refractivity contribution in [1.82, 2.24) is 9.55 Å². The second kappa shape index (κ2) is 12.1. The Morgan fingerprint density at radius 3 is 1.89 bits per heavy atom. The highest BCUT2D eigenvalue weighted by atomic mass is 16.4. The minimum absolute atomic E-state index is 0.589. The molecule has 11 rings (SSSR count). The summed E-state index contributed by atoms with van der Waals surface area (Å²) in [5.41, 5.74) is 12.7. The highest BCUT2D eigenvalue weighted by Crippen LogP contribution is 2.46. The normalized spacial score (nSPS) is 11.7. The molecule has 0 N–H and O–H groups in total. The summed E-state index contributed by atoms with van der Waals surface area (Å²) in [6.45, 7) is 0. The number of benzene rings is 8. The molecule has 0 atom stereocenters. The Balaban J connectivity index is 1.15. The van der Waals surface area contributed by atoms with Gasteiger partial charge < -0.3 is 18.3 Å². The number of furan rings is 1. The minimum Gasteiger partial charge on any atom is -0.454 e. The van der Waals surface area contributed by atoms with Gasteiger partial charge in [0.25, 0.3) is 0 Å². The fraction of sp³-hybridized carbons (Fsp3) is 0. The van der Waals surface area contributed by atoms with Crippen LogP contribution in [0.3, 0.4) is 0 Å². The van der Waals surface area contributed by atoms with E-state index in [0.29, 0.717) is 5.89 Å². The number of oxazole rings is 1. The van der Waals surface area contributed by atoms with Crippen LogP contribution in [0.5, 0.6) is 0 Å². The molecule has 0 amide bonds. The summed E-state index contributed by atoms with van der Waals surface area (Å²) >= 11 is 0. The molecule has 0 aliphatic rings. The van der Waals surface area contributed by atoms with Crippen molar-refractivity contribution in [3.05, 3.63) is 188 Å². The zero-order valence-electron chi connectivity index (χ0n) is 29.1. The third kappa shape index (κ3) is 4.76. The number of hydrogen-bond acceptors (Lipinski definition) is 4. The number of fused-ring (bicyclic) bond motifs is 8. The zero-order valence-corrected chi connectivity index (χ0v) is 29.1. The summed E-state index contributed by atoms with van der Waals surface area (Å²) in [6, 6.07) is 65.6. The van der Waals surface area contributed by atoms with Crippen LogP contribution in [0.15, 0.2) is 197 Å². The molecule has 254 valence electrons. The van der Waals surface area contributed by atoms with Crippen LogP contribution in [0.4, 0.5) is 17.1 Å². The number of nitrogens with zero attached hydrogens (tertiary/aromatic N) is 3. The molecule has 0 bridgehead atoms. The second-order valence-corrected chi connectivity index (χ2v) is 13.6. The van der Waals surface area contributed by atoms with E-state index in [1.54, 1.807) is 0 Å². The van der Waals surface area contributed by atoms with Crippen LogP contribution in [0, 0.1) is 0 Å². The van der Waals surface area contributed by atoms with E-state index >= 15 is 0 Å². The lowest BCUT2D eigenvalue weighted by Gasteiger charge is -2.26. The average Bonchev–Trinajstić information content (AvgIpc) is 3.94. The Labute approximate surface area is 310 Å². The van der Waals surface area contributed by atoms with E-state index in [0.717, 1.165) is 72.4 Å². The average molecular weight is 694 g/mol. The molecule has 0 saturated heterocycles. The smallest absolute Gasteiger partial charge is 0.227 e. The third-order valence-electron chi connectivity index (χ3n) is 10.4. The van der Waals surface area contributed by atoms with Gasteiger partial charge in [-0.3, -0.25) is 0 Å². The standard InChI is InChI=1S/C49H31N3O2/c1-4-13-32(14-5-1)33-23-25-36(26-24-33)51(37-27-28-39-38-19-10-11-21-42(38)52(44(39)31-37)35-17-8-3-9-18-35)43-22-12-20-40-46-45(53-47(40)43)30-29-41-48(46)54-49(50-41)34-15-6-2-7-16-34/h1-31H. The van der Waals surface area contributed by atoms with E-state index in [1.165, 1.54) is 21.9 Å². The molecule has 3 heterocycles. The summed E-state index contributed by atoms with van der Waals surface area (Å²) in [5, 5.41) is 4.29. The van der Waals surface area contributed by atoms with Crippen molar-refractivity contribution < 1.29 is 8.83 Å². The summed E-state index contributed by atoms with van der Waals surface area (Å²) in [5.74, 6) is 0.589. The minimum atomic E-state index is 0.589.